The molecule has 8 aromatic rings. The monoisotopic (exact) mass is 867 g/mol. The first-order valence-corrected chi connectivity index (χ1v) is 21.6. The number of carbonyl (C=O) groups excluding carboxylic acids is 1. The summed E-state index contributed by atoms with van der Waals surface area (Å²) in [6.45, 7) is 8.37. The van der Waals surface area contributed by atoms with Crippen LogP contribution in [0.4, 0.5) is 4.39 Å². The highest BCUT2D eigenvalue weighted by atomic mass is 19.1. The Morgan fingerprint density at radius 1 is 1.00 bits per heavy atom. The quantitative estimate of drug-likeness (QED) is 0.186. The van der Waals surface area contributed by atoms with Crippen molar-refractivity contribution in [3.05, 3.63) is 134 Å². The van der Waals surface area contributed by atoms with Gasteiger partial charge in [0.05, 0.1) is 48.5 Å². The van der Waals surface area contributed by atoms with E-state index in [-0.39, 0.29) is 35.8 Å². The average molecular weight is 868 g/mol. The molecule has 64 heavy (non-hydrogen) atoms. The average Bonchev–Trinajstić information content (AvgIpc) is 3.94. The summed E-state index contributed by atoms with van der Waals surface area (Å²) in [4.78, 5) is 51.8. The summed E-state index contributed by atoms with van der Waals surface area (Å²) in [5.41, 5.74) is 5.29. The lowest BCUT2D eigenvalue weighted by Gasteiger charge is -2.28. The standard InChI is InChI=1S/C46H46FN11O6/c1-26-17-34(18-27(2)39(26)47)58-41(55-12-11-54(45(55)61)33-5-6-37-32(20-33)24-49-56(37)13-16-62-4)35-25-53(10-7-36(35)51-58)42(59)38-21-30-19-31(29-8-14-63-15-9-29)23-48-40(30)57(38)46(22-28(46)3)43-50-44(60)64-52-43/h5-6,11-12,17-21,23-24,28-29H,7-10,13-16,22,25H2,1-4H3,(H,50,52,60)/t28-,46-/m0/s1. The third-order valence-electron chi connectivity index (χ3n) is 13.5. The molecule has 2 aliphatic heterocycles. The molecule has 0 radical (unpaired) electrons. The van der Waals surface area contributed by atoms with E-state index in [1.165, 1.54) is 0 Å². The Balaban J connectivity index is 1.02. The van der Waals surface area contributed by atoms with Crippen molar-refractivity contribution >= 4 is 27.8 Å². The van der Waals surface area contributed by atoms with Crippen molar-refractivity contribution in [1.29, 1.82) is 0 Å². The second kappa shape index (κ2) is 15.1. The summed E-state index contributed by atoms with van der Waals surface area (Å²) < 4.78 is 39.6. The number of hydrogen-bond donors (Lipinski definition) is 1. The number of H-pyrrole nitrogens is 1. The lowest BCUT2D eigenvalue weighted by Crippen LogP contribution is -2.39. The van der Waals surface area contributed by atoms with Crippen LogP contribution in [0.1, 0.15) is 76.4 Å². The number of halogens is 1. The van der Waals surface area contributed by atoms with Gasteiger partial charge in [-0.2, -0.15) is 10.2 Å². The van der Waals surface area contributed by atoms with E-state index in [9.17, 15) is 9.59 Å². The molecule has 1 N–H and O–H groups in total. The van der Waals surface area contributed by atoms with Crippen molar-refractivity contribution in [2.75, 3.05) is 33.5 Å². The second-order valence-electron chi connectivity index (χ2n) is 17.4. The Morgan fingerprint density at radius 3 is 2.52 bits per heavy atom. The summed E-state index contributed by atoms with van der Waals surface area (Å²) in [5.74, 6) is -0.177. The number of aromatic amines is 1. The van der Waals surface area contributed by atoms with Crippen LogP contribution in [-0.2, 0) is 34.5 Å². The largest absolute Gasteiger partial charge is 0.438 e. The predicted octanol–water partition coefficient (Wildman–Crippen LogP) is 5.47. The SMILES string of the molecule is COCCn1ncc2cc(-n3ccn(-c4c5c(nn4-c4cc(C)c(F)c(C)c4)CCN(C(=O)c4cc6cc(C7CCOCC7)cnc6n4[C@@]4(c6noc(=O)[nH]6)C[C@@H]4C)C5)c3=O)ccc21. The number of methoxy groups -OCH3 is 1. The molecule has 0 spiro atoms. The number of ether oxygens (including phenoxy) is 2. The molecule has 17 nitrogen and oxygen atoms in total. The molecule has 2 aromatic carbocycles. The number of rotatable bonds is 10. The second-order valence-corrected chi connectivity index (χ2v) is 17.4. The number of imidazole rings is 1. The van der Waals surface area contributed by atoms with Gasteiger partial charge >= 0.3 is 11.4 Å². The summed E-state index contributed by atoms with van der Waals surface area (Å²) in [6, 6.07) is 13.2. The predicted molar refractivity (Wildman–Crippen MR) is 232 cm³/mol. The Bertz CT molecular complexity index is 3250. The maximum Gasteiger partial charge on any atom is 0.438 e. The highest BCUT2D eigenvalue weighted by Crippen LogP contribution is 2.55. The first-order valence-electron chi connectivity index (χ1n) is 21.6. The van der Waals surface area contributed by atoms with Crippen molar-refractivity contribution in [3.8, 4) is 17.2 Å². The van der Waals surface area contributed by atoms with Crippen molar-refractivity contribution in [1.82, 2.24) is 53.3 Å². The van der Waals surface area contributed by atoms with Crippen LogP contribution in [0.2, 0.25) is 0 Å². The molecule has 0 bridgehead atoms. The van der Waals surface area contributed by atoms with Crippen molar-refractivity contribution in [2.24, 2.45) is 5.92 Å². The van der Waals surface area contributed by atoms with Gasteiger partial charge in [0.2, 0.25) is 0 Å². The maximum absolute atomic E-state index is 15.3. The zero-order valence-corrected chi connectivity index (χ0v) is 35.9. The van der Waals surface area contributed by atoms with Crippen LogP contribution in [-0.4, -0.2) is 92.7 Å². The highest BCUT2D eigenvalue weighted by Gasteiger charge is 2.59. The van der Waals surface area contributed by atoms with E-state index >= 15 is 9.18 Å². The Kier molecular flexibility index (Phi) is 9.42. The number of benzene rings is 2. The van der Waals surface area contributed by atoms with E-state index in [1.54, 1.807) is 70.4 Å². The fourth-order valence-corrected chi connectivity index (χ4v) is 9.98. The fraction of sp³-hybridized carbons (Fsp3) is 0.370. The molecule has 6 aromatic heterocycles. The van der Waals surface area contributed by atoms with E-state index in [1.807, 2.05) is 46.6 Å². The molecular formula is C46H46FN11O6. The minimum Gasteiger partial charge on any atom is -0.383 e. The van der Waals surface area contributed by atoms with E-state index in [0.717, 1.165) is 40.4 Å². The van der Waals surface area contributed by atoms with E-state index in [2.05, 4.69) is 21.3 Å². The number of carbonyl (C=O) groups is 1. The number of pyridine rings is 1. The van der Waals surface area contributed by atoms with Crippen molar-refractivity contribution in [3.63, 3.8) is 0 Å². The fourth-order valence-electron chi connectivity index (χ4n) is 9.98. The third kappa shape index (κ3) is 6.29. The van der Waals surface area contributed by atoms with Gasteiger partial charge < -0.3 is 18.9 Å². The van der Waals surface area contributed by atoms with Gasteiger partial charge in [0.1, 0.15) is 28.5 Å². The van der Waals surface area contributed by atoms with Crippen LogP contribution in [0.3, 0.4) is 0 Å². The molecule has 2 atom stereocenters. The topological polar surface area (TPSA) is 178 Å². The zero-order chi connectivity index (χ0) is 44.0. The number of nitrogens with zero attached hydrogens (tertiary/aromatic N) is 10. The van der Waals surface area contributed by atoms with Gasteiger partial charge in [-0.05, 0) is 104 Å². The van der Waals surface area contributed by atoms with Crippen LogP contribution >= 0.6 is 0 Å². The van der Waals surface area contributed by atoms with Crippen molar-refractivity contribution < 1.29 is 23.2 Å². The maximum atomic E-state index is 15.3. The minimum absolute atomic E-state index is 0.00347. The molecule has 1 aliphatic carbocycles. The molecule has 18 heteroatoms. The van der Waals surface area contributed by atoms with Gasteiger partial charge in [0.15, 0.2) is 5.82 Å². The number of amides is 1. The van der Waals surface area contributed by atoms with Gasteiger partial charge in [-0.15, -0.1) is 0 Å². The molecule has 8 heterocycles. The summed E-state index contributed by atoms with van der Waals surface area (Å²) in [6.07, 6.45) is 9.82. The normalized spacial score (nSPS) is 19.0. The van der Waals surface area contributed by atoms with Gasteiger partial charge in [-0.25, -0.2) is 23.6 Å². The summed E-state index contributed by atoms with van der Waals surface area (Å²) in [7, 11) is 1.65. The van der Waals surface area contributed by atoms with Gasteiger partial charge in [0, 0.05) is 68.2 Å². The number of hydrogen-bond acceptors (Lipinski definition) is 10. The molecule has 1 saturated carbocycles. The Labute approximate surface area is 364 Å². The van der Waals surface area contributed by atoms with Crippen LogP contribution in [0, 0.1) is 25.6 Å². The molecule has 1 amide bonds. The van der Waals surface area contributed by atoms with E-state index in [0.29, 0.717) is 96.8 Å². The van der Waals surface area contributed by atoms with E-state index in [4.69, 9.17) is 24.1 Å². The van der Waals surface area contributed by atoms with Crippen LogP contribution in [0.25, 0.3) is 39.1 Å². The molecule has 0 unspecified atom stereocenters. The highest BCUT2D eigenvalue weighted by molar-refractivity contribution is 5.99. The molecule has 1 saturated heterocycles. The smallest absolute Gasteiger partial charge is 0.383 e. The van der Waals surface area contributed by atoms with Gasteiger partial charge in [-0.3, -0.25) is 28.1 Å². The molecular weight excluding hydrogens is 822 g/mol. The first-order chi connectivity index (χ1) is 31.0. The van der Waals surface area contributed by atoms with Gasteiger partial charge in [-0.1, -0.05) is 12.1 Å². The van der Waals surface area contributed by atoms with Crippen LogP contribution in [0.15, 0.2) is 81.4 Å². The molecule has 2 fully saturated rings. The summed E-state index contributed by atoms with van der Waals surface area (Å²) in [5, 5.41) is 15.4. The van der Waals surface area contributed by atoms with Crippen LogP contribution < -0.4 is 11.4 Å². The number of fused-ring (bicyclic) bond motifs is 3. The first kappa shape index (κ1) is 39.9. The van der Waals surface area contributed by atoms with Gasteiger partial charge in [0.25, 0.3) is 5.91 Å². The Morgan fingerprint density at radius 2 is 1.78 bits per heavy atom. The molecule has 328 valence electrons. The van der Waals surface area contributed by atoms with Crippen molar-refractivity contribution in [2.45, 2.75) is 71.0 Å². The third-order valence-corrected chi connectivity index (χ3v) is 13.5. The number of nitrogens with one attached hydrogen (secondary N) is 1. The van der Waals surface area contributed by atoms with E-state index < -0.39 is 11.3 Å². The Hall–Kier alpha value is -6.92. The number of aryl methyl sites for hydroxylation is 2. The van der Waals surface area contributed by atoms with Crippen LogP contribution in [0.5, 0.6) is 0 Å². The molecule has 3 aliphatic rings. The number of aromatic nitrogens is 10. The lowest BCUT2D eigenvalue weighted by molar-refractivity contribution is 0.0720. The zero-order valence-electron chi connectivity index (χ0n) is 35.9. The molecule has 11 rings (SSSR count). The lowest BCUT2D eigenvalue weighted by atomic mass is 9.92. The summed E-state index contributed by atoms with van der Waals surface area (Å²) >= 11 is 0. The minimum atomic E-state index is -0.872.